The van der Waals surface area contributed by atoms with Crippen LogP contribution in [0.1, 0.15) is 6.92 Å². The first-order chi connectivity index (χ1) is 3.66. The van der Waals surface area contributed by atoms with Crippen molar-refractivity contribution in [3.05, 3.63) is 24.4 Å². The molecule has 0 saturated carbocycles. The fourth-order valence-corrected chi connectivity index (χ4v) is 0.269. The molecule has 0 aliphatic carbocycles. The summed E-state index contributed by atoms with van der Waals surface area (Å²) in [5.41, 5.74) is 5.72. The van der Waals surface area contributed by atoms with Gasteiger partial charge in [0.15, 0.2) is 5.88 Å². The highest BCUT2D eigenvalue weighted by Crippen LogP contribution is 1.83. The van der Waals surface area contributed by atoms with Crippen molar-refractivity contribution in [2.75, 3.05) is 0 Å². The number of nitrogens with one attached hydrogen (secondary N) is 1. The Kier molecular flexibility index (Phi) is 2.54. The minimum atomic E-state index is -0.0933. The first-order valence-corrected chi connectivity index (χ1v) is 2.20. The van der Waals surface area contributed by atoms with Crippen LogP contribution in [-0.4, -0.2) is 5.11 Å². The predicted molar refractivity (Wildman–Crippen MR) is 32.8 cm³/mol. The lowest BCUT2D eigenvalue weighted by Crippen LogP contribution is -2.09. The van der Waals surface area contributed by atoms with Crippen LogP contribution in [0.15, 0.2) is 24.4 Å². The van der Waals surface area contributed by atoms with E-state index in [1.165, 1.54) is 6.20 Å². The zero-order chi connectivity index (χ0) is 6.57. The molecule has 0 bridgehead atoms. The maximum absolute atomic E-state index is 8.45. The number of hydrogen-bond donors (Lipinski definition) is 3. The number of rotatable bonds is 2. The summed E-state index contributed by atoms with van der Waals surface area (Å²) in [5.74, 6) is -0.0933. The minimum absolute atomic E-state index is 0.0933. The third kappa shape index (κ3) is 3.08. The lowest BCUT2D eigenvalue weighted by molar-refractivity contribution is 0.381. The zero-order valence-corrected chi connectivity index (χ0v) is 4.81. The monoisotopic (exact) mass is 114 g/mol. The Morgan fingerprint density at radius 1 is 1.88 bits per heavy atom. The minimum Gasteiger partial charge on any atom is -0.495 e. The molecule has 0 aliphatic heterocycles. The molecular formula is C5H10N2O. The molecule has 3 heteroatoms. The summed E-state index contributed by atoms with van der Waals surface area (Å²) in [5, 5.41) is 10.9. The molecule has 0 amide bonds. The number of allylic oxidation sites excluding steroid dienone is 1. The largest absolute Gasteiger partial charge is 0.495 e. The number of nitrogens with two attached hydrogens (primary N) is 1. The quantitative estimate of drug-likeness (QED) is 0.456. The van der Waals surface area contributed by atoms with Gasteiger partial charge in [0.05, 0.1) is 0 Å². The van der Waals surface area contributed by atoms with Gasteiger partial charge in [0.2, 0.25) is 0 Å². The molecule has 0 fully saturated rings. The Morgan fingerprint density at radius 3 is 2.50 bits per heavy atom. The van der Waals surface area contributed by atoms with Gasteiger partial charge in [-0.2, -0.15) is 0 Å². The number of hydrogen-bond acceptors (Lipinski definition) is 3. The van der Waals surface area contributed by atoms with E-state index in [1.807, 2.05) is 0 Å². The second-order valence-electron chi connectivity index (χ2n) is 1.42. The van der Waals surface area contributed by atoms with E-state index in [2.05, 4.69) is 11.9 Å². The van der Waals surface area contributed by atoms with Crippen LogP contribution < -0.4 is 11.1 Å². The van der Waals surface area contributed by atoms with E-state index in [9.17, 15) is 0 Å². The predicted octanol–water partition coefficient (Wildman–Crippen LogP) is 0.425. The van der Waals surface area contributed by atoms with Crippen LogP contribution in [0, 0.1) is 0 Å². The highest BCUT2D eigenvalue weighted by atomic mass is 16.3. The van der Waals surface area contributed by atoms with Crippen LogP contribution >= 0.6 is 0 Å². The highest BCUT2D eigenvalue weighted by Gasteiger charge is 1.84. The van der Waals surface area contributed by atoms with Gasteiger partial charge in [-0.15, -0.1) is 0 Å². The van der Waals surface area contributed by atoms with Crippen LogP contribution in [0.4, 0.5) is 0 Å². The van der Waals surface area contributed by atoms with Crippen molar-refractivity contribution < 1.29 is 5.11 Å². The van der Waals surface area contributed by atoms with E-state index in [0.717, 1.165) is 0 Å². The molecule has 0 saturated heterocycles. The summed E-state index contributed by atoms with van der Waals surface area (Å²) >= 11 is 0. The molecule has 0 aromatic heterocycles. The molecule has 8 heavy (non-hydrogen) atoms. The van der Waals surface area contributed by atoms with Crippen LogP contribution in [0.5, 0.6) is 0 Å². The summed E-state index contributed by atoms with van der Waals surface area (Å²) in [4.78, 5) is 0. The van der Waals surface area contributed by atoms with E-state index in [-0.39, 0.29) is 5.88 Å². The fourth-order valence-electron chi connectivity index (χ4n) is 0.269. The first kappa shape index (κ1) is 6.88. The molecule has 3 nitrogen and oxygen atoms in total. The maximum Gasteiger partial charge on any atom is 0.180 e. The second kappa shape index (κ2) is 2.96. The van der Waals surface area contributed by atoms with Crippen molar-refractivity contribution in [1.29, 1.82) is 0 Å². The van der Waals surface area contributed by atoms with Gasteiger partial charge >= 0.3 is 0 Å². The molecule has 0 aliphatic rings. The lowest BCUT2D eigenvalue weighted by atomic mass is 10.5. The van der Waals surface area contributed by atoms with Gasteiger partial charge in [0.1, 0.15) is 0 Å². The third-order valence-corrected chi connectivity index (χ3v) is 0.591. The lowest BCUT2D eigenvalue weighted by Gasteiger charge is -1.99. The van der Waals surface area contributed by atoms with Crippen LogP contribution in [-0.2, 0) is 0 Å². The molecule has 0 spiro atoms. The molecule has 0 atom stereocenters. The van der Waals surface area contributed by atoms with Crippen molar-refractivity contribution in [3.8, 4) is 0 Å². The third-order valence-electron chi connectivity index (χ3n) is 0.591. The molecule has 0 aromatic carbocycles. The Labute approximate surface area is 48.5 Å². The molecule has 46 valence electrons. The smallest absolute Gasteiger partial charge is 0.180 e. The highest BCUT2D eigenvalue weighted by molar-refractivity contribution is 4.98. The fraction of sp³-hybridized carbons (Fsp3) is 0.200. The number of aliphatic hydroxyl groups excluding tert-OH is 1. The normalized spacial score (nSPS) is 10.9. The van der Waals surface area contributed by atoms with Gasteiger partial charge < -0.3 is 16.2 Å². The number of aliphatic hydroxyl groups is 1. The van der Waals surface area contributed by atoms with E-state index < -0.39 is 0 Å². The summed E-state index contributed by atoms with van der Waals surface area (Å²) in [6.45, 7) is 4.91. The van der Waals surface area contributed by atoms with Gasteiger partial charge in [-0.3, -0.25) is 0 Å². The van der Waals surface area contributed by atoms with Crippen molar-refractivity contribution in [2.45, 2.75) is 6.92 Å². The Morgan fingerprint density at radius 2 is 2.38 bits per heavy atom. The first-order valence-electron chi connectivity index (χ1n) is 2.20. The van der Waals surface area contributed by atoms with Gasteiger partial charge in [0, 0.05) is 11.9 Å². The average molecular weight is 114 g/mol. The zero-order valence-electron chi connectivity index (χ0n) is 4.81. The molecule has 4 N–H and O–H groups in total. The van der Waals surface area contributed by atoms with Crippen LogP contribution in [0.2, 0.25) is 0 Å². The van der Waals surface area contributed by atoms with Crippen LogP contribution in [0.25, 0.3) is 0 Å². The Bertz CT molecular complexity index is 118. The van der Waals surface area contributed by atoms with Crippen LogP contribution in [0.3, 0.4) is 0 Å². The molecule has 0 unspecified atom stereocenters. The van der Waals surface area contributed by atoms with E-state index >= 15 is 0 Å². The molecule has 0 rings (SSSR count). The van der Waals surface area contributed by atoms with Gasteiger partial charge in [0.25, 0.3) is 0 Å². The van der Waals surface area contributed by atoms with Gasteiger partial charge in [-0.05, 0) is 13.5 Å². The second-order valence-corrected chi connectivity index (χ2v) is 1.42. The van der Waals surface area contributed by atoms with Crippen molar-refractivity contribution in [2.24, 2.45) is 5.73 Å². The molecule has 0 aromatic rings. The average Bonchev–Trinajstić information content (AvgIpc) is 1.65. The van der Waals surface area contributed by atoms with Gasteiger partial charge in [-0.1, -0.05) is 0 Å². The van der Waals surface area contributed by atoms with Crippen molar-refractivity contribution in [1.82, 2.24) is 5.32 Å². The van der Waals surface area contributed by atoms with Crippen molar-refractivity contribution in [3.63, 3.8) is 0 Å². The molecular weight excluding hydrogens is 104 g/mol. The van der Waals surface area contributed by atoms with E-state index in [1.54, 1.807) is 6.92 Å². The SMILES string of the molecule is C=C(O)N/C(C)=C\N. The molecule has 0 heterocycles. The van der Waals surface area contributed by atoms with Crippen molar-refractivity contribution >= 4 is 0 Å². The van der Waals surface area contributed by atoms with E-state index in [4.69, 9.17) is 10.8 Å². The maximum atomic E-state index is 8.45. The molecule has 0 radical (unpaired) electrons. The standard InChI is InChI=1S/C5H10N2O/c1-4(3-6)7-5(2)8/h3,7-8H,2,6H2,1H3/b4-3-. The Balaban J connectivity index is 3.56. The Hall–Kier alpha value is -1.12. The topological polar surface area (TPSA) is 58.3 Å². The summed E-state index contributed by atoms with van der Waals surface area (Å²) in [7, 11) is 0. The summed E-state index contributed by atoms with van der Waals surface area (Å²) in [6.07, 6.45) is 1.35. The summed E-state index contributed by atoms with van der Waals surface area (Å²) < 4.78 is 0. The van der Waals surface area contributed by atoms with Gasteiger partial charge in [-0.25, -0.2) is 0 Å². The van der Waals surface area contributed by atoms with E-state index in [0.29, 0.717) is 5.70 Å². The summed E-state index contributed by atoms with van der Waals surface area (Å²) in [6, 6.07) is 0.